The summed E-state index contributed by atoms with van der Waals surface area (Å²) in [6.07, 6.45) is 0.937. The van der Waals surface area contributed by atoms with Crippen molar-refractivity contribution in [2.24, 2.45) is 0 Å². The Kier molecular flexibility index (Phi) is 4.20. The van der Waals surface area contributed by atoms with Gasteiger partial charge in [0, 0.05) is 28.6 Å². The van der Waals surface area contributed by atoms with Crippen molar-refractivity contribution in [1.29, 1.82) is 0 Å². The number of nitrogens with zero attached hydrogens (tertiary/aromatic N) is 2. The maximum atomic E-state index is 4.45. The van der Waals surface area contributed by atoms with Gasteiger partial charge >= 0.3 is 0 Å². The molecule has 3 nitrogen and oxygen atoms in total. The number of aromatic nitrogens is 2. The molecule has 0 aliphatic carbocycles. The lowest BCUT2D eigenvalue weighted by atomic mass is 9.91. The van der Waals surface area contributed by atoms with Gasteiger partial charge in [-0.25, -0.2) is 9.97 Å². The highest BCUT2D eigenvalue weighted by Gasteiger charge is 2.21. The van der Waals surface area contributed by atoms with Crippen molar-refractivity contribution in [3.63, 3.8) is 0 Å². The van der Waals surface area contributed by atoms with Gasteiger partial charge in [0.05, 0.1) is 0 Å². The molecule has 0 aromatic carbocycles. The Hall–Kier alpha value is -1.42. The minimum Gasteiger partial charge on any atom is -0.369 e. The predicted octanol–water partition coefficient (Wildman–Crippen LogP) is 3.80. The summed E-state index contributed by atoms with van der Waals surface area (Å²) in [6.45, 7) is 9.42. The smallest absolute Gasteiger partial charge is 0.129 e. The highest BCUT2D eigenvalue weighted by molar-refractivity contribution is 7.10. The van der Waals surface area contributed by atoms with Crippen molar-refractivity contribution in [2.45, 2.75) is 39.5 Å². The van der Waals surface area contributed by atoms with Crippen LogP contribution in [0, 0.1) is 6.92 Å². The van der Waals surface area contributed by atoms with Crippen LogP contribution in [0.1, 0.15) is 37.2 Å². The van der Waals surface area contributed by atoms with E-state index in [0.29, 0.717) is 0 Å². The summed E-state index contributed by atoms with van der Waals surface area (Å²) in [5.74, 6) is 1.75. The van der Waals surface area contributed by atoms with E-state index in [4.69, 9.17) is 0 Å². The number of hydrogen-bond donors (Lipinski definition) is 1. The molecule has 1 N–H and O–H groups in total. The van der Waals surface area contributed by atoms with E-state index in [-0.39, 0.29) is 5.41 Å². The molecule has 0 saturated heterocycles. The first-order valence-corrected chi connectivity index (χ1v) is 7.51. The molecule has 0 aliphatic rings. The molecule has 0 unspecified atom stereocenters. The second-order valence-corrected chi connectivity index (χ2v) is 6.31. The Morgan fingerprint density at radius 3 is 2.74 bits per heavy atom. The summed E-state index contributed by atoms with van der Waals surface area (Å²) in [4.78, 5) is 10.2. The summed E-state index contributed by atoms with van der Waals surface area (Å²) in [5, 5.41) is 5.57. The quantitative estimate of drug-likeness (QED) is 0.902. The third-order valence-corrected chi connectivity index (χ3v) is 4.39. The van der Waals surface area contributed by atoms with Crippen LogP contribution in [0.2, 0.25) is 0 Å². The van der Waals surface area contributed by atoms with Crippen LogP contribution in [0.3, 0.4) is 0 Å². The van der Waals surface area contributed by atoms with E-state index >= 15 is 0 Å². The molecule has 0 saturated carbocycles. The minimum absolute atomic E-state index is 0.111. The standard InChI is InChI=1S/C15H21N3S/c1-5-12-9-14(18-11(2)17-12)16-10-15(3,4)13-7-6-8-19-13/h6-9H,5,10H2,1-4H3,(H,16,17,18). The topological polar surface area (TPSA) is 37.8 Å². The molecule has 2 aromatic heterocycles. The van der Waals surface area contributed by atoms with Crippen LogP contribution in [0.25, 0.3) is 0 Å². The molecule has 2 heterocycles. The lowest BCUT2D eigenvalue weighted by Crippen LogP contribution is -2.27. The lowest BCUT2D eigenvalue weighted by Gasteiger charge is -2.24. The van der Waals surface area contributed by atoms with E-state index in [1.54, 1.807) is 11.3 Å². The third-order valence-electron chi connectivity index (χ3n) is 3.15. The minimum atomic E-state index is 0.111. The van der Waals surface area contributed by atoms with Crippen LogP contribution in [-0.2, 0) is 11.8 Å². The Morgan fingerprint density at radius 2 is 2.11 bits per heavy atom. The molecule has 2 aromatic rings. The van der Waals surface area contributed by atoms with E-state index in [1.165, 1.54) is 4.88 Å². The van der Waals surface area contributed by atoms with E-state index in [9.17, 15) is 0 Å². The van der Waals surface area contributed by atoms with Crippen molar-refractivity contribution in [3.8, 4) is 0 Å². The Bertz CT molecular complexity index is 532. The van der Waals surface area contributed by atoms with E-state index < -0.39 is 0 Å². The van der Waals surface area contributed by atoms with E-state index in [2.05, 4.69) is 53.6 Å². The van der Waals surface area contributed by atoms with E-state index in [0.717, 1.165) is 30.3 Å². The van der Waals surface area contributed by atoms with Gasteiger partial charge in [-0.15, -0.1) is 11.3 Å². The van der Waals surface area contributed by atoms with Gasteiger partial charge in [-0.1, -0.05) is 26.8 Å². The largest absolute Gasteiger partial charge is 0.369 e. The summed E-state index contributed by atoms with van der Waals surface area (Å²) in [6, 6.07) is 6.33. The normalized spacial score (nSPS) is 11.6. The fourth-order valence-corrected chi connectivity index (χ4v) is 2.82. The zero-order valence-electron chi connectivity index (χ0n) is 12.0. The first-order chi connectivity index (χ1) is 9.01. The average molecular weight is 275 g/mol. The molecule has 2 rings (SSSR count). The number of rotatable bonds is 5. The maximum Gasteiger partial charge on any atom is 0.129 e. The van der Waals surface area contributed by atoms with E-state index in [1.807, 2.05) is 13.0 Å². The van der Waals surface area contributed by atoms with Crippen LogP contribution in [-0.4, -0.2) is 16.5 Å². The van der Waals surface area contributed by atoms with Crippen LogP contribution in [0.4, 0.5) is 5.82 Å². The highest BCUT2D eigenvalue weighted by atomic mass is 32.1. The molecule has 0 amide bonds. The Morgan fingerprint density at radius 1 is 1.32 bits per heavy atom. The summed E-state index contributed by atoms with van der Waals surface area (Å²) in [5.41, 5.74) is 1.20. The summed E-state index contributed by atoms with van der Waals surface area (Å²) in [7, 11) is 0. The molecule has 0 spiro atoms. The molecular weight excluding hydrogens is 254 g/mol. The number of hydrogen-bond acceptors (Lipinski definition) is 4. The first kappa shape index (κ1) is 14.0. The molecule has 19 heavy (non-hydrogen) atoms. The van der Waals surface area contributed by atoms with Crippen molar-refractivity contribution in [3.05, 3.63) is 40.0 Å². The molecule has 0 aliphatic heterocycles. The fraction of sp³-hybridized carbons (Fsp3) is 0.467. The van der Waals surface area contributed by atoms with Crippen molar-refractivity contribution >= 4 is 17.2 Å². The van der Waals surface area contributed by atoms with Crippen LogP contribution in [0.5, 0.6) is 0 Å². The average Bonchev–Trinajstić information content (AvgIpc) is 2.90. The monoisotopic (exact) mass is 275 g/mol. The summed E-state index contributed by atoms with van der Waals surface area (Å²) >= 11 is 1.80. The SMILES string of the molecule is CCc1cc(NCC(C)(C)c2cccs2)nc(C)n1. The van der Waals surface area contributed by atoms with Crippen molar-refractivity contribution in [2.75, 3.05) is 11.9 Å². The second-order valence-electron chi connectivity index (χ2n) is 5.36. The van der Waals surface area contributed by atoms with Gasteiger partial charge in [-0.2, -0.15) is 0 Å². The number of nitrogens with one attached hydrogen (secondary N) is 1. The third kappa shape index (κ3) is 3.53. The predicted molar refractivity (Wildman–Crippen MR) is 82.0 cm³/mol. The molecule has 0 bridgehead atoms. The zero-order valence-corrected chi connectivity index (χ0v) is 12.8. The zero-order chi connectivity index (χ0) is 13.9. The van der Waals surface area contributed by atoms with Gasteiger partial charge in [0.25, 0.3) is 0 Å². The van der Waals surface area contributed by atoms with Crippen LogP contribution in [0.15, 0.2) is 23.6 Å². The molecule has 0 radical (unpaired) electrons. The van der Waals surface area contributed by atoms with Gasteiger partial charge in [0.15, 0.2) is 0 Å². The number of anilines is 1. The Balaban J connectivity index is 2.08. The summed E-state index contributed by atoms with van der Waals surface area (Å²) < 4.78 is 0. The fourth-order valence-electron chi connectivity index (χ4n) is 1.96. The van der Waals surface area contributed by atoms with Gasteiger partial charge in [-0.3, -0.25) is 0 Å². The second kappa shape index (κ2) is 5.70. The maximum absolute atomic E-state index is 4.45. The van der Waals surface area contributed by atoms with Crippen molar-refractivity contribution in [1.82, 2.24) is 9.97 Å². The van der Waals surface area contributed by atoms with Gasteiger partial charge in [0.2, 0.25) is 0 Å². The molecule has 0 atom stereocenters. The lowest BCUT2D eigenvalue weighted by molar-refractivity contribution is 0.568. The number of aryl methyl sites for hydroxylation is 2. The molecule has 102 valence electrons. The van der Waals surface area contributed by atoms with Gasteiger partial charge < -0.3 is 5.32 Å². The Labute approximate surface area is 119 Å². The highest BCUT2D eigenvalue weighted by Crippen LogP contribution is 2.27. The van der Waals surface area contributed by atoms with Gasteiger partial charge in [0.1, 0.15) is 11.6 Å². The van der Waals surface area contributed by atoms with Crippen LogP contribution < -0.4 is 5.32 Å². The molecule has 0 fully saturated rings. The number of thiophene rings is 1. The van der Waals surface area contributed by atoms with Crippen molar-refractivity contribution < 1.29 is 0 Å². The first-order valence-electron chi connectivity index (χ1n) is 6.63. The van der Waals surface area contributed by atoms with Crippen LogP contribution >= 0.6 is 11.3 Å². The molecule has 4 heteroatoms. The van der Waals surface area contributed by atoms with Gasteiger partial charge in [-0.05, 0) is 24.8 Å². The molecular formula is C15H21N3S.